The van der Waals surface area contributed by atoms with Gasteiger partial charge in [-0.15, -0.1) is 0 Å². The molecule has 2 aliphatic rings. The topological polar surface area (TPSA) is 171 Å². The van der Waals surface area contributed by atoms with Crippen LogP contribution in [0.4, 0.5) is 24.5 Å². The van der Waals surface area contributed by atoms with Gasteiger partial charge in [-0.1, -0.05) is 24.3 Å². The number of carbonyl (C=O) groups excluding carboxylic acids is 1. The molecule has 0 radical (unpaired) electrons. The molecule has 5 N–H and O–H groups in total. The van der Waals surface area contributed by atoms with Gasteiger partial charge in [0.05, 0.1) is 29.5 Å². The fourth-order valence-corrected chi connectivity index (χ4v) is 5.63. The van der Waals surface area contributed by atoms with Crippen LogP contribution in [0.2, 0.25) is 0 Å². The molecular formula is C31H32F3N3O8. The first kappa shape index (κ1) is 32.3. The van der Waals surface area contributed by atoms with Crippen LogP contribution in [0.3, 0.4) is 0 Å². The van der Waals surface area contributed by atoms with Gasteiger partial charge in [0.15, 0.2) is 6.10 Å². The summed E-state index contributed by atoms with van der Waals surface area (Å²) in [5, 5.41) is 41.9. The Hall–Kier alpha value is -4.11. The first-order valence-corrected chi connectivity index (χ1v) is 14.4. The molecule has 11 nitrogen and oxygen atoms in total. The maximum absolute atomic E-state index is 12.7. The van der Waals surface area contributed by atoms with Crippen molar-refractivity contribution in [2.45, 2.75) is 74.9 Å². The van der Waals surface area contributed by atoms with Crippen molar-refractivity contribution in [3.8, 4) is 11.3 Å². The minimum atomic E-state index is -4.50. The molecule has 2 fully saturated rings. The average molecular weight is 632 g/mol. The predicted molar refractivity (Wildman–Crippen MR) is 152 cm³/mol. The third-order valence-corrected chi connectivity index (χ3v) is 8.15. The highest BCUT2D eigenvalue weighted by Gasteiger charge is 2.48. The van der Waals surface area contributed by atoms with Crippen molar-refractivity contribution in [3.05, 3.63) is 72.2 Å². The lowest BCUT2D eigenvalue weighted by Gasteiger charge is -2.38. The van der Waals surface area contributed by atoms with Gasteiger partial charge in [-0.2, -0.15) is 13.2 Å². The minimum Gasteiger partial charge on any atom is -0.479 e. The summed E-state index contributed by atoms with van der Waals surface area (Å²) in [5.41, 5.74) is 2.81. The first-order chi connectivity index (χ1) is 21.4. The zero-order valence-electron chi connectivity index (χ0n) is 23.8. The molecule has 0 bridgehead atoms. The number of halogens is 3. The zero-order chi connectivity index (χ0) is 32.3. The second-order valence-electron chi connectivity index (χ2n) is 11.3. The van der Waals surface area contributed by atoms with Crippen LogP contribution in [0.1, 0.15) is 49.3 Å². The van der Waals surface area contributed by atoms with E-state index in [-0.39, 0.29) is 12.3 Å². The molecule has 1 aliphatic carbocycles. The number of aliphatic hydroxyl groups excluding tert-OH is 3. The lowest BCUT2D eigenvalue weighted by Crippen LogP contribution is -2.60. The number of nitrogens with one attached hydrogen (secondary N) is 1. The number of hydrogen-bond donors (Lipinski definition) is 5. The van der Waals surface area contributed by atoms with Gasteiger partial charge < -0.3 is 35.2 Å². The third-order valence-electron chi connectivity index (χ3n) is 8.15. The number of carboxylic acid groups (broad SMARTS) is 1. The number of hydrogen-bond acceptors (Lipinski definition) is 10. The predicted octanol–water partition coefficient (Wildman–Crippen LogP) is 4.01. The lowest BCUT2D eigenvalue weighted by molar-refractivity contribution is -0.286. The molecule has 3 heterocycles. The van der Waals surface area contributed by atoms with E-state index in [1.807, 2.05) is 24.3 Å². The number of alkyl halides is 3. The molecule has 5 atom stereocenters. The Morgan fingerprint density at radius 3 is 2.07 bits per heavy atom. The van der Waals surface area contributed by atoms with Crippen LogP contribution >= 0.6 is 0 Å². The van der Waals surface area contributed by atoms with Gasteiger partial charge >= 0.3 is 18.1 Å². The van der Waals surface area contributed by atoms with E-state index in [9.17, 15) is 38.1 Å². The summed E-state index contributed by atoms with van der Waals surface area (Å²) in [7, 11) is 0. The van der Waals surface area contributed by atoms with E-state index in [0.29, 0.717) is 17.3 Å². The fraction of sp³-hybridized carbons (Fsp3) is 0.419. The number of carbonyl (C=O) groups is 2. The molecule has 240 valence electrons. The molecule has 0 unspecified atom stereocenters. The summed E-state index contributed by atoms with van der Waals surface area (Å²) in [6.45, 7) is 0. The molecule has 1 aromatic carbocycles. The summed E-state index contributed by atoms with van der Waals surface area (Å²) < 4.78 is 48.3. The molecule has 1 saturated heterocycles. The van der Waals surface area contributed by atoms with Gasteiger partial charge in [0.25, 0.3) is 0 Å². The molecule has 14 heteroatoms. The number of rotatable bonds is 8. The van der Waals surface area contributed by atoms with Gasteiger partial charge in [-0.05, 0) is 67.3 Å². The number of ether oxygens (including phenoxy) is 2. The van der Waals surface area contributed by atoms with Crippen LogP contribution in [0, 0.1) is 5.92 Å². The Kier molecular flexibility index (Phi) is 9.68. The minimum absolute atomic E-state index is 0.0224. The number of esters is 1. The number of nitrogens with zero attached hydrogens (tertiary/aromatic N) is 2. The highest BCUT2D eigenvalue weighted by Crippen LogP contribution is 2.38. The van der Waals surface area contributed by atoms with E-state index in [1.165, 1.54) is 6.07 Å². The van der Waals surface area contributed by atoms with Gasteiger partial charge in [0.2, 0.25) is 6.29 Å². The average Bonchev–Trinajstić information content (AvgIpc) is 3.02. The van der Waals surface area contributed by atoms with Gasteiger partial charge in [0.1, 0.15) is 24.0 Å². The van der Waals surface area contributed by atoms with Crippen molar-refractivity contribution in [1.29, 1.82) is 0 Å². The third kappa shape index (κ3) is 7.76. The summed E-state index contributed by atoms with van der Waals surface area (Å²) in [6, 6.07) is 13.8. The molecule has 3 aromatic rings. The van der Waals surface area contributed by atoms with Crippen molar-refractivity contribution in [2.24, 2.45) is 5.92 Å². The van der Waals surface area contributed by atoms with Crippen molar-refractivity contribution in [3.63, 3.8) is 0 Å². The zero-order valence-corrected chi connectivity index (χ0v) is 23.8. The second-order valence-corrected chi connectivity index (χ2v) is 11.3. The summed E-state index contributed by atoms with van der Waals surface area (Å²) >= 11 is 0. The van der Waals surface area contributed by atoms with E-state index in [4.69, 9.17) is 14.6 Å². The molecule has 0 amide bonds. The summed E-state index contributed by atoms with van der Waals surface area (Å²) in [5.74, 6) is -1.93. The van der Waals surface area contributed by atoms with Gasteiger partial charge in [-0.3, -0.25) is 9.78 Å². The van der Waals surface area contributed by atoms with Gasteiger partial charge in [0, 0.05) is 12.0 Å². The van der Waals surface area contributed by atoms with E-state index in [0.717, 1.165) is 54.8 Å². The number of pyridine rings is 2. The molecule has 1 saturated carbocycles. The Balaban J connectivity index is 1.09. The molecule has 2 aromatic heterocycles. The number of carboxylic acids is 1. The van der Waals surface area contributed by atoms with Crippen LogP contribution in [0.5, 0.6) is 0 Å². The molecular weight excluding hydrogens is 599 g/mol. The second kappa shape index (κ2) is 13.5. The van der Waals surface area contributed by atoms with E-state index in [1.54, 1.807) is 18.3 Å². The smallest absolute Gasteiger partial charge is 0.433 e. The van der Waals surface area contributed by atoms with Crippen LogP contribution in [0.15, 0.2) is 60.9 Å². The van der Waals surface area contributed by atoms with Crippen molar-refractivity contribution < 1.29 is 52.7 Å². The monoisotopic (exact) mass is 631 g/mol. The van der Waals surface area contributed by atoms with Crippen LogP contribution < -0.4 is 5.32 Å². The summed E-state index contributed by atoms with van der Waals surface area (Å²) in [4.78, 5) is 31.7. The maximum Gasteiger partial charge on any atom is 0.433 e. The Morgan fingerprint density at radius 1 is 0.867 bits per heavy atom. The molecule has 1 aliphatic heterocycles. The first-order valence-electron chi connectivity index (χ1n) is 14.4. The number of aliphatic hydroxyl groups is 3. The van der Waals surface area contributed by atoms with E-state index in [2.05, 4.69) is 15.3 Å². The molecule has 0 spiro atoms. The van der Waals surface area contributed by atoms with E-state index < -0.39 is 54.5 Å². The highest BCUT2D eigenvalue weighted by molar-refractivity contribution is 5.74. The number of anilines is 2. The maximum atomic E-state index is 12.7. The van der Waals surface area contributed by atoms with Gasteiger partial charge in [-0.25, -0.2) is 9.78 Å². The number of aromatic nitrogens is 2. The van der Waals surface area contributed by atoms with Crippen LogP contribution in [0.25, 0.3) is 11.3 Å². The fourth-order valence-electron chi connectivity index (χ4n) is 5.63. The van der Waals surface area contributed by atoms with E-state index >= 15 is 0 Å². The Morgan fingerprint density at radius 2 is 1.51 bits per heavy atom. The largest absolute Gasteiger partial charge is 0.479 e. The molecule has 5 rings (SSSR count). The number of aliphatic carboxylic acids is 1. The summed E-state index contributed by atoms with van der Waals surface area (Å²) in [6.07, 6.45) is -7.62. The highest BCUT2D eigenvalue weighted by atomic mass is 19.4. The lowest BCUT2D eigenvalue weighted by atomic mass is 9.77. The molecule has 45 heavy (non-hydrogen) atoms. The Bertz CT molecular complexity index is 1460. The van der Waals surface area contributed by atoms with Crippen LogP contribution in [-0.2, 0) is 25.2 Å². The van der Waals surface area contributed by atoms with Crippen molar-refractivity contribution in [2.75, 3.05) is 5.32 Å². The number of benzene rings is 1. The SMILES string of the molecule is O=C(CC1CCC(c2ccc(-c3ccc(Nc4ccc(C(F)(F)F)nc4)cn3)cc2)CC1)O[C@@H]1O[C@H](C(=O)O)[C@@H](O)[C@H](O)[C@H]1O. The van der Waals surface area contributed by atoms with Crippen molar-refractivity contribution >= 4 is 23.3 Å². The standard InChI is InChI=1S/C31H32F3N3O8/c32-31(33,34)23-12-10-21(15-36-23)37-20-9-11-22(35-14-20)19-7-5-18(6-8-19)17-3-1-16(2-4-17)13-24(38)44-30-27(41)25(39)26(40)28(45-30)29(42)43/h5-12,14-17,25-28,30,37,39-41H,1-4,13H2,(H,42,43)/t16?,17?,25-,26-,27+,28-,30+/m0/s1. The quantitative estimate of drug-likeness (QED) is 0.228. The van der Waals surface area contributed by atoms with Crippen LogP contribution in [-0.4, -0.2) is 73.0 Å². The Labute approximate surface area is 255 Å². The van der Waals surface area contributed by atoms with Crippen molar-refractivity contribution in [1.82, 2.24) is 9.97 Å². The normalized spacial score (nSPS) is 27.0.